The third-order valence-electron chi connectivity index (χ3n) is 6.99. The summed E-state index contributed by atoms with van der Waals surface area (Å²) in [5.74, 6) is 0.442. The number of rotatable bonds is 1. The minimum Gasteiger partial charge on any atom is -0.273 e. The van der Waals surface area contributed by atoms with Crippen molar-refractivity contribution in [1.29, 1.82) is 0 Å². The Kier molecular flexibility index (Phi) is 2.57. The molecule has 21 heavy (non-hydrogen) atoms. The molecule has 0 unspecified atom stereocenters. The molecule has 0 aromatic rings. The van der Waals surface area contributed by atoms with Crippen LogP contribution in [0.4, 0.5) is 0 Å². The Balaban J connectivity index is 1.74. The number of hydrogen-bond acceptors (Lipinski definition) is 3. The number of allylic oxidation sites excluding steroid dienone is 2. The number of carbonyl (C=O) groups excluding carboxylic acids is 1. The molecule has 2 bridgehead atoms. The van der Waals surface area contributed by atoms with E-state index in [1.54, 1.807) is 0 Å². The summed E-state index contributed by atoms with van der Waals surface area (Å²) in [5, 5.41) is 0. The molecule has 4 nitrogen and oxygen atoms in total. The fourth-order valence-electron chi connectivity index (χ4n) is 5.58. The van der Waals surface area contributed by atoms with E-state index in [4.69, 9.17) is 0 Å². The van der Waals surface area contributed by atoms with E-state index in [1.807, 2.05) is 12.2 Å². The molecule has 0 aromatic carbocycles. The highest BCUT2D eigenvalue weighted by Crippen LogP contribution is 2.70. The normalized spacial score (nSPS) is 42.7. The summed E-state index contributed by atoms with van der Waals surface area (Å²) in [6.07, 6.45) is 8.32. The van der Waals surface area contributed by atoms with Gasteiger partial charge in [0.2, 0.25) is 15.9 Å². The first-order valence-electron chi connectivity index (χ1n) is 8.00. The van der Waals surface area contributed by atoms with Crippen LogP contribution in [0.5, 0.6) is 0 Å². The Bertz CT molecular complexity index is 628. The van der Waals surface area contributed by atoms with Gasteiger partial charge in [-0.25, -0.2) is 12.7 Å². The molecule has 1 spiro atoms. The zero-order valence-electron chi connectivity index (χ0n) is 12.7. The largest absolute Gasteiger partial charge is 0.273 e. The lowest BCUT2D eigenvalue weighted by Crippen LogP contribution is -2.46. The summed E-state index contributed by atoms with van der Waals surface area (Å²) in [4.78, 5) is 12.8. The van der Waals surface area contributed by atoms with E-state index in [2.05, 4.69) is 13.8 Å². The van der Waals surface area contributed by atoms with E-state index in [-0.39, 0.29) is 34.4 Å². The van der Waals surface area contributed by atoms with Crippen LogP contribution in [0.3, 0.4) is 0 Å². The maximum Gasteiger partial charge on any atom is 0.240 e. The summed E-state index contributed by atoms with van der Waals surface area (Å²) < 4.78 is 26.8. The molecule has 0 N–H and O–H groups in total. The van der Waals surface area contributed by atoms with Crippen LogP contribution < -0.4 is 0 Å². The van der Waals surface area contributed by atoms with E-state index in [0.29, 0.717) is 18.8 Å². The number of hydrogen-bond donors (Lipinski definition) is 0. The second-order valence-corrected chi connectivity index (χ2v) is 9.74. The minimum atomic E-state index is -3.44. The quantitative estimate of drug-likeness (QED) is 0.699. The van der Waals surface area contributed by atoms with Gasteiger partial charge in [0.15, 0.2) is 0 Å². The average molecular weight is 309 g/mol. The Morgan fingerprint density at radius 1 is 1.24 bits per heavy atom. The van der Waals surface area contributed by atoms with Crippen molar-refractivity contribution < 1.29 is 13.2 Å². The van der Waals surface area contributed by atoms with Crippen molar-refractivity contribution in [2.45, 2.75) is 52.0 Å². The fraction of sp³-hybridized carbons (Fsp3) is 0.812. The van der Waals surface area contributed by atoms with Crippen molar-refractivity contribution in [3.05, 3.63) is 12.2 Å². The molecule has 4 rings (SSSR count). The Labute approximate surface area is 126 Å². The van der Waals surface area contributed by atoms with Crippen molar-refractivity contribution in [2.24, 2.45) is 22.7 Å². The molecule has 2 saturated carbocycles. The highest BCUT2D eigenvalue weighted by atomic mass is 32.2. The summed E-state index contributed by atoms with van der Waals surface area (Å²) >= 11 is 0. The zero-order valence-corrected chi connectivity index (χ0v) is 13.5. The number of fused-ring (bicyclic) bond motifs is 1. The molecule has 5 heteroatoms. The van der Waals surface area contributed by atoms with E-state index < -0.39 is 10.0 Å². The summed E-state index contributed by atoms with van der Waals surface area (Å²) in [6, 6.07) is -0.0793. The molecule has 3 fully saturated rings. The van der Waals surface area contributed by atoms with Gasteiger partial charge < -0.3 is 0 Å². The SMILES string of the molecule is CC1(C)[C@@H]2CC[C@]13CS(=O)(=O)N(C(=O)C1CC=CC1)[C@@H]3C2. The number of nitrogens with zero attached hydrogens (tertiary/aromatic N) is 1. The van der Waals surface area contributed by atoms with Crippen LogP contribution in [0.15, 0.2) is 12.2 Å². The second-order valence-electron chi connectivity index (χ2n) is 7.89. The molecular weight excluding hydrogens is 286 g/mol. The van der Waals surface area contributed by atoms with Gasteiger partial charge in [-0.2, -0.15) is 0 Å². The van der Waals surface area contributed by atoms with Crippen LogP contribution in [-0.2, 0) is 14.8 Å². The van der Waals surface area contributed by atoms with E-state index in [9.17, 15) is 13.2 Å². The highest BCUT2D eigenvalue weighted by Gasteiger charge is 2.72. The lowest BCUT2D eigenvalue weighted by Gasteiger charge is -2.37. The topological polar surface area (TPSA) is 54.5 Å². The van der Waals surface area contributed by atoms with Gasteiger partial charge in [0.25, 0.3) is 0 Å². The molecule has 1 aliphatic heterocycles. The van der Waals surface area contributed by atoms with Gasteiger partial charge in [-0.15, -0.1) is 0 Å². The maximum atomic E-state index is 12.8. The van der Waals surface area contributed by atoms with Gasteiger partial charge in [-0.05, 0) is 43.4 Å². The van der Waals surface area contributed by atoms with E-state index in [0.717, 1.165) is 19.3 Å². The van der Waals surface area contributed by atoms with Gasteiger partial charge in [0.05, 0.1) is 11.8 Å². The molecule has 3 atom stereocenters. The van der Waals surface area contributed by atoms with Crippen molar-refractivity contribution >= 4 is 15.9 Å². The van der Waals surface area contributed by atoms with E-state index in [1.165, 1.54) is 4.31 Å². The monoisotopic (exact) mass is 309 g/mol. The third-order valence-corrected chi connectivity index (χ3v) is 8.90. The van der Waals surface area contributed by atoms with Crippen LogP contribution in [0, 0.1) is 22.7 Å². The predicted octanol–water partition coefficient (Wildman–Crippen LogP) is 2.32. The lowest BCUT2D eigenvalue weighted by molar-refractivity contribution is -0.132. The molecule has 0 radical (unpaired) electrons. The first-order chi connectivity index (χ1) is 9.80. The van der Waals surface area contributed by atoms with Gasteiger partial charge >= 0.3 is 0 Å². The molecule has 0 aromatic heterocycles. The standard InChI is InChI=1S/C16H23NO3S/c1-15(2)12-7-8-16(15)10-21(19,20)17(13(16)9-12)14(18)11-5-3-4-6-11/h3-4,11-13H,5-10H2,1-2H3/t12-,13-,16-/m1/s1. The van der Waals surface area contributed by atoms with Crippen molar-refractivity contribution in [1.82, 2.24) is 4.31 Å². The van der Waals surface area contributed by atoms with Gasteiger partial charge in [-0.1, -0.05) is 26.0 Å². The minimum absolute atomic E-state index is 0.0354. The molecular formula is C16H23NO3S. The smallest absolute Gasteiger partial charge is 0.240 e. The molecule has 1 amide bonds. The highest BCUT2D eigenvalue weighted by molar-refractivity contribution is 7.90. The number of carbonyl (C=O) groups is 1. The molecule has 3 aliphatic carbocycles. The number of amides is 1. The first kappa shape index (κ1) is 13.8. The predicted molar refractivity (Wildman–Crippen MR) is 79.8 cm³/mol. The van der Waals surface area contributed by atoms with Crippen molar-refractivity contribution in [3.8, 4) is 0 Å². The van der Waals surface area contributed by atoms with Crippen LogP contribution in [0.25, 0.3) is 0 Å². The molecule has 1 heterocycles. The van der Waals surface area contributed by atoms with Gasteiger partial charge in [0.1, 0.15) is 0 Å². The van der Waals surface area contributed by atoms with Crippen LogP contribution in [-0.4, -0.2) is 30.4 Å². The fourth-order valence-corrected chi connectivity index (χ4v) is 8.18. The van der Waals surface area contributed by atoms with Crippen molar-refractivity contribution in [3.63, 3.8) is 0 Å². The van der Waals surface area contributed by atoms with Crippen molar-refractivity contribution in [2.75, 3.05) is 5.75 Å². The Hall–Kier alpha value is -0.840. The first-order valence-corrected chi connectivity index (χ1v) is 9.61. The van der Waals surface area contributed by atoms with Gasteiger partial charge in [0, 0.05) is 11.3 Å². The lowest BCUT2D eigenvalue weighted by atomic mass is 9.69. The van der Waals surface area contributed by atoms with Crippen LogP contribution >= 0.6 is 0 Å². The second kappa shape index (κ2) is 3.92. The summed E-state index contributed by atoms with van der Waals surface area (Å²) in [5.41, 5.74) is -0.161. The summed E-state index contributed by atoms with van der Waals surface area (Å²) in [6.45, 7) is 4.43. The Morgan fingerprint density at radius 3 is 2.52 bits per heavy atom. The van der Waals surface area contributed by atoms with Crippen LogP contribution in [0.2, 0.25) is 0 Å². The summed E-state index contributed by atoms with van der Waals surface area (Å²) in [7, 11) is -3.44. The molecule has 116 valence electrons. The third kappa shape index (κ3) is 1.51. The Morgan fingerprint density at radius 2 is 1.90 bits per heavy atom. The maximum absolute atomic E-state index is 12.8. The zero-order chi connectivity index (χ0) is 15.0. The average Bonchev–Trinajstić information content (AvgIpc) is 3.08. The molecule has 1 saturated heterocycles. The van der Waals surface area contributed by atoms with E-state index >= 15 is 0 Å². The number of sulfonamides is 1. The van der Waals surface area contributed by atoms with Crippen LogP contribution in [0.1, 0.15) is 46.0 Å². The van der Waals surface area contributed by atoms with Gasteiger partial charge in [-0.3, -0.25) is 4.79 Å². The molecule has 4 aliphatic rings.